The molecule has 1 aromatic heterocycles. The molecule has 0 aliphatic rings. The predicted octanol–water partition coefficient (Wildman–Crippen LogP) is 3.41. The van der Waals surface area contributed by atoms with Gasteiger partial charge in [0.15, 0.2) is 0 Å². The van der Waals surface area contributed by atoms with Gasteiger partial charge in [-0.2, -0.15) is 5.10 Å². The second kappa shape index (κ2) is 8.67. The van der Waals surface area contributed by atoms with E-state index in [2.05, 4.69) is 17.0 Å². The van der Waals surface area contributed by atoms with Crippen LogP contribution in [0.25, 0.3) is 5.69 Å². The number of para-hydroxylation sites is 1. The van der Waals surface area contributed by atoms with Crippen molar-refractivity contribution >= 4 is 5.91 Å². The second-order valence-corrected chi connectivity index (χ2v) is 5.76. The summed E-state index contributed by atoms with van der Waals surface area (Å²) >= 11 is 0. The third kappa shape index (κ3) is 4.60. The number of hydrogen-bond donors (Lipinski definition) is 1. The van der Waals surface area contributed by atoms with Gasteiger partial charge in [-0.15, -0.1) is 0 Å². The van der Waals surface area contributed by atoms with Gasteiger partial charge in [0, 0.05) is 18.3 Å². The maximum atomic E-state index is 12.2. The van der Waals surface area contributed by atoms with Crippen molar-refractivity contribution in [3.63, 3.8) is 0 Å². The molecule has 26 heavy (non-hydrogen) atoms. The Morgan fingerprint density at radius 3 is 2.65 bits per heavy atom. The van der Waals surface area contributed by atoms with Gasteiger partial charge in [0.2, 0.25) is 0 Å². The Hall–Kier alpha value is -3.34. The number of carbonyl (C=O) groups excluding carboxylic acids is 1. The number of nitrogens with zero attached hydrogens (tertiary/aromatic N) is 2. The smallest absolute Gasteiger partial charge is 0.251 e. The monoisotopic (exact) mass is 347 g/mol. The van der Waals surface area contributed by atoms with E-state index in [1.54, 1.807) is 30.3 Å². The lowest BCUT2D eigenvalue weighted by Crippen LogP contribution is -2.25. The summed E-state index contributed by atoms with van der Waals surface area (Å²) in [6, 6.07) is 17.0. The molecule has 0 atom stereocenters. The van der Waals surface area contributed by atoms with Crippen molar-refractivity contribution in [1.82, 2.24) is 15.1 Å². The summed E-state index contributed by atoms with van der Waals surface area (Å²) in [5.74, 6) is 0.616. The number of hydrogen-bond acceptors (Lipinski definition) is 3. The minimum atomic E-state index is -0.101. The lowest BCUT2D eigenvalue weighted by atomic mass is 10.2. The van der Waals surface area contributed by atoms with Crippen LogP contribution in [-0.2, 0) is 6.42 Å². The van der Waals surface area contributed by atoms with E-state index in [-0.39, 0.29) is 5.91 Å². The average molecular weight is 347 g/mol. The lowest BCUT2D eigenvalue weighted by Gasteiger charge is -2.06. The highest BCUT2D eigenvalue weighted by Gasteiger charge is 2.06. The number of ether oxygens (including phenoxy) is 1. The average Bonchev–Trinajstić information content (AvgIpc) is 3.16. The molecule has 0 aliphatic carbocycles. The van der Waals surface area contributed by atoms with Crippen LogP contribution >= 0.6 is 0 Å². The molecule has 5 heteroatoms. The molecule has 3 rings (SSSR count). The molecule has 132 valence electrons. The fraction of sp³-hybridized carbons (Fsp3) is 0.143. The van der Waals surface area contributed by atoms with Crippen LogP contribution in [0.3, 0.4) is 0 Å². The van der Waals surface area contributed by atoms with E-state index in [0.29, 0.717) is 18.7 Å². The van der Waals surface area contributed by atoms with E-state index >= 15 is 0 Å². The van der Waals surface area contributed by atoms with Gasteiger partial charge in [0.25, 0.3) is 5.91 Å². The molecule has 5 nitrogen and oxygen atoms in total. The molecule has 3 aromatic rings. The van der Waals surface area contributed by atoms with Crippen molar-refractivity contribution < 1.29 is 9.53 Å². The highest BCUT2D eigenvalue weighted by atomic mass is 16.5. The van der Waals surface area contributed by atoms with Gasteiger partial charge in [0.1, 0.15) is 12.4 Å². The Morgan fingerprint density at radius 2 is 1.92 bits per heavy atom. The first-order valence-electron chi connectivity index (χ1n) is 8.47. The third-order valence-electron chi connectivity index (χ3n) is 3.84. The van der Waals surface area contributed by atoms with Crippen LogP contribution in [0.1, 0.15) is 15.9 Å². The first-order valence-corrected chi connectivity index (χ1v) is 8.47. The van der Waals surface area contributed by atoms with Crippen LogP contribution in [-0.4, -0.2) is 28.8 Å². The Labute approximate surface area is 152 Å². The molecule has 0 bridgehead atoms. The zero-order valence-electron chi connectivity index (χ0n) is 14.5. The lowest BCUT2D eigenvalue weighted by molar-refractivity contribution is 0.0954. The van der Waals surface area contributed by atoms with Crippen LogP contribution in [0.4, 0.5) is 0 Å². The van der Waals surface area contributed by atoms with Gasteiger partial charge in [-0.05, 0) is 48.4 Å². The van der Waals surface area contributed by atoms with Gasteiger partial charge in [-0.1, -0.05) is 30.9 Å². The first kappa shape index (κ1) is 17.5. The van der Waals surface area contributed by atoms with Gasteiger partial charge in [-0.3, -0.25) is 4.79 Å². The fourth-order valence-electron chi connectivity index (χ4n) is 2.49. The zero-order chi connectivity index (χ0) is 18.2. The molecule has 0 aliphatic heterocycles. The molecule has 0 saturated heterocycles. The van der Waals surface area contributed by atoms with Crippen molar-refractivity contribution in [1.29, 1.82) is 0 Å². The Morgan fingerprint density at radius 1 is 1.15 bits per heavy atom. The van der Waals surface area contributed by atoms with E-state index < -0.39 is 0 Å². The maximum Gasteiger partial charge on any atom is 0.251 e. The zero-order valence-corrected chi connectivity index (χ0v) is 14.5. The standard InChI is InChI=1S/C21H21N3O2/c1-2-14-26-20-10-8-18(9-11-20)21(25)22-13-12-17-15-23-24(16-17)19-6-4-3-5-7-19/h2-11,15-16H,1,12-14H2,(H,22,25). The summed E-state index contributed by atoms with van der Waals surface area (Å²) in [6.45, 7) is 4.60. The third-order valence-corrected chi connectivity index (χ3v) is 3.84. The quantitative estimate of drug-likeness (QED) is 0.635. The summed E-state index contributed by atoms with van der Waals surface area (Å²) in [6.07, 6.45) is 6.21. The number of rotatable bonds is 8. The van der Waals surface area contributed by atoms with E-state index in [1.165, 1.54) is 0 Å². The molecule has 1 amide bonds. The normalized spacial score (nSPS) is 10.3. The van der Waals surface area contributed by atoms with Crippen LogP contribution in [0.2, 0.25) is 0 Å². The first-order chi connectivity index (χ1) is 12.8. The van der Waals surface area contributed by atoms with Crippen LogP contribution < -0.4 is 10.1 Å². The maximum absolute atomic E-state index is 12.2. The predicted molar refractivity (Wildman–Crippen MR) is 102 cm³/mol. The molecule has 0 radical (unpaired) electrons. The number of amides is 1. The fourth-order valence-corrected chi connectivity index (χ4v) is 2.49. The van der Waals surface area contributed by atoms with Crippen molar-refractivity contribution in [2.24, 2.45) is 0 Å². The van der Waals surface area contributed by atoms with Crippen LogP contribution in [0, 0.1) is 0 Å². The van der Waals surface area contributed by atoms with E-state index in [0.717, 1.165) is 23.4 Å². The Bertz CT molecular complexity index is 854. The molecule has 0 saturated carbocycles. The minimum Gasteiger partial charge on any atom is -0.490 e. The molecule has 0 spiro atoms. The Kier molecular flexibility index (Phi) is 5.83. The molecule has 0 fully saturated rings. The molecule has 1 heterocycles. The molecule has 1 N–H and O–H groups in total. The minimum absolute atomic E-state index is 0.101. The van der Waals surface area contributed by atoms with Gasteiger partial charge >= 0.3 is 0 Å². The number of carbonyl (C=O) groups is 1. The van der Waals surface area contributed by atoms with E-state index in [1.807, 2.05) is 47.4 Å². The van der Waals surface area contributed by atoms with Crippen molar-refractivity contribution in [2.45, 2.75) is 6.42 Å². The summed E-state index contributed by atoms with van der Waals surface area (Å²) < 4.78 is 7.24. The highest BCUT2D eigenvalue weighted by molar-refractivity contribution is 5.94. The molecular formula is C21H21N3O2. The van der Waals surface area contributed by atoms with Gasteiger partial charge < -0.3 is 10.1 Å². The molecule has 0 unspecified atom stereocenters. The summed E-state index contributed by atoms with van der Waals surface area (Å²) in [5.41, 5.74) is 2.69. The number of nitrogens with one attached hydrogen (secondary N) is 1. The number of benzene rings is 2. The Balaban J connectivity index is 1.49. The summed E-state index contributed by atoms with van der Waals surface area (Å²) in [4.78, 5) is 12.2. The van der Waals surface area contributed by atoms with Crippen LogP contribution in [0.5, 0.6) is 5.75 Å². The largest absolute Gasteiger partial charge is 0.490 e. The molecular weight excluding hydrogens is 326 g/mol. The van der Waals surface area contributed by atoms with Crippen molar-refractivity contribution in [2.75, 3.05) is 13.2 Å². The highest BCUT2D eigenvalue weighted by Crippen LogP contribution is 2.12. The topological polar surface area (TPSA) is 56.1 Å². The van der Waals surface area contributed by atoms with E-state index in [4.69, 9.17) is 4.74 Å². The van der Waals surface area contributed by atoms with Gasteiger partial charge in [-0.25, -0.2) is 4.68 Å². The van der Waals surface area contributed by atoms with Crippen molar-refractivity contribution in [3.8, 4) is 11.4 Å². The number of aromatic nitrogens is 2. The summed E-state index contributed by atoms with van der Waals surface area (Å²) in [5, 5.41) is 7.29. The summed E-state index contributed by atoms with van der Waals surface area (Å²) in [7, 11) is 0. The van der Waals surface area contributed by atoms with Crippen LogP contribution in [0.15, 0.2) is 79.6 Å². The molecule has 2 aromatic carbocycles. The van der Waals surface area contributed by atoms with E-state index in [9.17, 15) is 4.79 Å². The van der Waals surface area contributed by atoms with Gasteiger partial charge in [0.05, 0.1) is 11.9 Å². The SMILES string of the molecule is C=CCOc1ccc(C(=O)NCCc2cnn(-c3ccccc3)c2)cc1. The second-order valence-electron chi connectivity index (χ2n) is 5.76. The van der Waals surface area contributed by atoms with Crippen molar-refractivity contribution in [3.05, 3.63) is 90.8 Å².